The first kappa shape index (κ1) is 11.3. The van der Waals surface area contributed by atoms with Gasteiger partial charge in [-0.1, -0.05) is 20.8 Å². The fraction of sp³-hybridized carbons (Fsp3) is 0.900. The Morgan fingerprint density at radius 2 is 2.00 bits per heavy atom. The van der Waals surface area contributed by atoms with Crippen molar-refractivity contribution in [3.8, 4) is 0 Å². The molecule has 1 aliphatic heterocycles. The summed E-state index contributed by atoms with van der Waals surface area (Å²) < 4.78 is 15.1. The van der Waals surface area contributed by atoms with E-state index < -0.39 is 6.16 Å². The van der Waals surface area contributed by atoms with Crippen LogP contribution in [0.3, 0.4) is 0 Å². The lowest BCUT2D eigenvalue weighted by Gasteiger charge is -2.31. The molecule has 0 atom stereocenters. The van der Waals surface area contributed by atoms with Gasteiger partial charge in [-0.05, 0) is 5.92 Å². The van der Waals surface area contributed by atoms with Crippen molar-refractivity contribution in [1.82, 2.24) is 0 Å². The highest BCUT2D eigenvalue weighted by atomic mass is 16.7. The monoisotopic (exact) mass is 202 g/mol. The third-order valence-electron chi connectivity index (χ3n) is 1.98. The molecule has 0 saturated carbocycles. The van der Waals surface area contributed by atoms with Gasteiger partial charge in [0.2, 0.25) is 0 Å². The first-order valence-electron chi connectivity index (χ1n) is 4.89. The van der Waals surface area contributed by atoms with Gasteiger partial charge in [-0.3, -0.25) is 0 Å². The van der Waals surface area contributed by atoms with Gasteiger partial charge in [-0.25, -0.2) is 4.79 Å². The number of carbonyl (C=O) groups excluding carboxylic acids is 1. The zero-order valence-electron chi connectivity index (χ0n) is 9.04. The molecule has 1 heterocycles. The van der Waals surface area contributed by atoms with E-state index in [4.69, 9.17) is 14.2 Å². The van der Waals surface area contributed by atoms with E-state index in [0.717, 1.165) is 6.61 Å². The van der Waals surface area contributed by atoms with Crippen molar-refractivity contribution in [2.45, 2.75) is 20.8 Å². The molecule has 0 bridgehead atoms. The molecule has 0 amide bonds. The zero-order valence-corrected chi connectivity index (χ0v) is 9.04. The third kappa shape index (κ3) is 3.54. The van der Waals surface area contributed by atoms with Gasteiger partial charge in [0.25, 0.3) is 0 Å². The van der Waals surface area contributed by atoms with Crippen LogP contribution in [0, 0.1) is 11.3 Å². The van der Waals surface area contributed by atoms with E-state index in [0.29, 0.717) is 25.7 Å². The first-order chi connectivity index (χ1) is 6.52. The largest absolute Gasteiger partial charge is 0.508 e. The van der Waals surface area contributed by atoms with Crippen LogP contribution in [0.4, 0.5) is 4.79 Å². The normalized spacial score (nSPS) is 20.4. The highest BCUT2D eigenvalue weighted by Crippen LogP contribution is 2.22. The fourth-order valence-corrected chi connectivity index (χ4v) is 1.17. The van der Waals surface area contributed by atoms with E-state index in [1.54, 1.807) is 0 Å². The summed E-state index contributed by atoms with van der Waals surface area (Å²) in [6.07, 6.45) is -0.577. The maximum atomic E-state index is 10.6. The highest BCUT2D eigenvalue weighted by Gasteiger charge is 2.33. The Bertz CT molecular complexity index is 190. The van der Waals surface area contributed by atoms with Crippen LogP contribution in [0.2, 0.25) is 0 Å². The molecule has 82 valence electrons. The molecule has 1 saturated heterocycles. The molecule has 4 nitrogen and oxygen atoms in total. The van der Waals surface area contributed by atoms with Crippen molar-refractivity contribution in [2.24, 2.45) is 11.3 Å². The zero-order chi connectivity index (χ0) is 10.6. The van der Waals surface area contributed by atoms with Crippen molar-refractivity contribution in [1.29, 1.82) is 0 Å². The second-order valence-electron chi connectivity index (χ2n) is 4.55. The minimum absolute atomic E-state index is 0.192. The van der Waals surface area contributed by atoms with Crippen LogP contribution in [0.25, 0.3) is 0 Å². The molecule has 0 aromatic carbocycles. The molecule has 0 spiro atoms. The maximum Gasteiger partial charge on any atom is 0.508 e. The van der Waals surface area contributed by atoms with Crippen LogP contribution in [0.5, 0.6) is 0 Å². The van der Waals surface area contributed by atoms with Crippen LogP contribution in [0.15, 0.2) is 0 Å². The van der Waals surface area contributed by atoms with Crippen molar-refractivity contribution in [3.05, 3.63) is 0 Å². The van der Waals surface area contributed by atoms with Crippen LogP contribution < -0.4 is 0 Å². The predicted octanol–water partition coefficient (Wildman–Crippen LogP) is 1.83. The van der Waals surface area contributed by atoms with Gasteiger partial charge in [-0.15, -0.1) is 0 Å². The predicted molar refractivity (Wildman–Crippen MR) is 51.1 cm³/mol. The van der Waals surface area contributed by atoms with E-state index >= 15 is 0 Å². The Balaban J connectivity index is 2.25. The highest BCUT2D eigenvalue weighted by molar-refractivity contribution is 5.60. The molecule has 1 fully saturated rings. The molecule has 14 heavy (non-hydrogen) atoms. The second kappa shape index (κ2) is 4.64. The van der Waals surface area contributed by atoms with Crippen LogP contribution in [-0.4, -0.2) is 32.6 Å². The van der Waals surface area contributed by atoms with Gasteiger partial charge in [0.05, 0.1) is 12.0 Å². The Morgan fingerprint density at radius 3 is 2.50 bits per heavy atom. The van der Waals surface area contributed by atoms with E-state index in [-0.39, 0.29) is 5.41 Å². The lowest BCUT2D eigenvalue weighted by molar-refractivity contribution is -0.0875. The summed E-state index contributed by atoms with van der Waals surface area (Å²) in [5.74, 6) is 0.519. The lowest BCUT2D eigenvalue weighted by atomic mass is 9.94. The second-order valence-corrected chi connectivity index (χ2v) is 4.55. The molecule has 1 rings (SSSR count). The number of hydrogen-bond donors (Lipinski definition) is 0. The average molecular weight is 202 g/mol. The summed E-state index contributed by atoms with van der Waals surface area (Å²) in [5, 5.41) is 0. The molecule has 0 aromatic rings. The molecule has 0 aliphatic carbocycles. The van der Waals surface area contributed by atoms with Crippen molar-refractivity contribution >= 4 is 6.16 Å². The summed E-state index contributed by atoms with van der Waals surface area (Å²) in [4.78, 5) is 10.6. The van der Waals surface area contributed by atoms with Crippen molar-refractivity contribution < 1.29 is 19.0 Å². The number of hydrogen-bond acceptors (Lipinski definition) is 4. The Kier molecular flexibility index (Phi) is 3.75. The third-order valence-corrected chi connectivity index (χ3v) is 1.98. The molecule has 0 radical (unpaired) electrons. The summed E-state index contributed by atoms with van der Waals surface area (Å²) in [6, 6.07) is 0. The van der Waals surface area contributed by atoms with Gasteiger partial charge < -0.3 is 14.2 Å². The minimum atomic E-state index is -0.577. The summed E-state index contributed by atoms with van der Waals surface area (Å²) in [7, 11) is 0. The van der Waals surface area contributed by atoms with Gasteiger partial charge in [0.15, 0.2) is 0 Å². The number of ether oxygens (including phenoxy) is 3. The summed E-state index contributed by atoms with van der Waals surface area (Å²) in [5.41, 5.74) is -0.192. The van der Waals surface area contributed by atoms with Gasteiger partial charge in [0.1, 0.15) is 13.2 Å². The molecular formula is C10H18O4. The van der Waals surface area contributed by atoms with Gasteiger partial charge >= 0.3 is 6.16 Å². The molecule has 0 unspecified atom stereocenters. The first-order valence-corrected chi connectivity index (χ1v) is 4.89. The van der Waals surface area contributed by atoms with E-state index in [2.05, 4.69) is 13.8 Å². The Hall–Kier alpha value is -0.770. The van der Waals surface area contributed by atoms with E-state index in [1.807, 2.05) is 6.92 Å². The van der Waals surface area contributed by atoms with E-state index in [9.17, 15) is 4.79 Å². The van der Waals surface area contributed by atoms with Crippen LogP contribution in [-0.2, 0) is 14.2 Å². The van der Waals surface area contributed by atoms with Gasteiger partial charge in [-0.2, -0.15) is 0 Å². The SMILES string of the molecule is CC(C)COCC1(C)COC(=O)OC1. The molecule has 4 heteroatoms. The fourth-order valence-electron chi connectivity index (χ4n) is 1.17. The lowest BCUT2D eigenvalue weighted by Crippen LogP contribution is -2.40. The Morgan fingerprint density at radius 1 is 1.43 bits per heavy atom. The minimum Gasteiger partial charge on any atom is -0.433 e. The quantitative estimate of drug-likeness (QED) is 0.652. The molecule has 1 aliphatic rings. The molecule has 0 N–H and O–H groups in total. The number of carbonyl (C=O) groups is 1. The maximum absolute atomic E-state index is 10.6. The van der Waals surface area contributed by atoms with Gasteiger partial charge in [0, 0.05) is 6.61 Å². The smallest absolute Gasteiger partial charge is 0.433 e. The topological polar surface area (TPSA) is 44.8 Å². The Labute approximate surface area is 84.5 Å². The number of rotatable bonds is 4. The molecular weight excluding hydrogens is 184 g/mol. The van der Waals surface area contributed by atoms with Crippen molar-refractivity contribution in [2.75, 3.05) is 26.4 Å². The van der Waals surface area contributed by atoms with Crippen LogP contribution >= 0.6 is 0 Å². The summed E-state index contributed by atoms with van der Waals surface area (Å²) >= 11 is 0. The van der Waals surface area contributed by atoms with Crippen molar-refractivity contribution in [3.63, 3.8) is 0 Å². The average Bonchev–Trinajstić information content (AvgIpc) is 2.10. The summed E-state index contributed by atoms with van der Waals surface area (Å²) in [6.45, 7) is 8.23. The van der Waals surface area contributed by atoms with Crippen LogP contribution in [0.1, 0.15) is 20.8 Å². The van der Waals surface area contributed by atoms with E-state index in [1.165, 1.54) is 0 Å². The number of cyclic esters (lactones) is 2. The standard InChI is InChI=1S/C10H18O4/c1-8(2)4-12-5-10(3)6-13-9(11)14-7-10/h8H,4-7H2,1-3H3. The molecule has 0 aromatic heterocycles.